The number of methoxy groups -OCH3 is 2. The number of hydrogen-bond donors (Lipinski definition) is 1. The van der Waals surface area contributed by atoms with Crippen LogP contribution in [0.2, 0.25) is 0 Å². The van der Waals surface area contributed by atoms with Gasteiger partial charge in [-0.2, -0.15) is 0 Å². The van der Waals surface area contributed by atoms with Crippen LogP contribution in [0, 0.1) is 23.6 Å². The number of amides is 4. The minimum absolute atomic E-state index is 0.0830. The first-order chi connectivity index (χ1) is 22.0. The molecule has 12 heteroatoms. The van der Waals surface area contributed by atoms with Crippen molar-refractivity contribution in [1.82, 2.24) is 4.90 Å². The van der Waals surface area contributed by atoms with E-state index in [4.69, 9.17) is 32.7 Å². The number of hydrogen-bond acceptors (Lipinski definition) is 7. The second-order valence-electron chi connectivity index (χ2n) is 12.9. The Balaban J connectivity index is 1.43. The highest BCUT2D eigenvalue weighted by Gasteiger charge is 2.77. The Morgan fingerprint density at radius 2 is 1.52 bits per heavy atom. The minimum Gasteiger partial charge on any atom is -0.508 e. The van der Waals surface area contributed by atoms with Gasteiger partial charge in [-0.25, -0.2) is 9.29 Å². The van der Waals surface area contributed by atoms with Crippen molar-refractivity contribution in [3.63, 3.8) is 0 Å². The Bertz CT molecular complexity index is 1670. The van der Waals surface area contributed by atoms with E-state index >= 15 is 0 Å². The van der Waals surface area contributed by atoms with Crippen LogP contribution in [-0.4, -0.2) is 63.6 Å². The zero-order chi connectivity index (χ0) is 32.7. The summed E-state index contributed by atoms with van der Waals surface area (Å²) in [4.78, 5) is 55.2. The van der Waals surface area contributed by atoms with E-state index in [2.05, 4.69) is 0 Å². The quantitative estimate of drug-likeness (QED) is 0.256. The average Bonchev–Trinajstić information content (AvgIpc) is 3.39. The zero-order valence-electron chi connectivity index (χ0n) is 25.3. The molecule has 2 aromatic carbocycles. The van der Waals surface area contributed by atoms with Gasteiger partial charge in [-0.15, -0.1) is 23.2 Å². The molecule has 0 spiro atoms. The summed E-state index contributed by atoms with van der Waals surface area (Å²) in [5, 5.41) is 10.5. The Hall–Kier alpha value is -3.63. The number of anilines is 1. The van der Waals surface area contributed by atoms with Gasteiger partial charge in [0.1, 0.15) is 23.1 Å². The first-order valence-corrected chi connectivity index (χ1v) is 16.3. The number of halogens is 3. The van der Waals surface area contributed by atoms with Crippen LogP contribution >= 0.6 is 23.2 Å². The number of rotatable bonds is 5. The van der Waals surface area contributed by atoms with Gasteiger partial charge in [0.15, 0.2) is 9.75 Å². The Labute approximate surface area is 275 Å². The number of imide groups is 2. The van der Waals surface area contributed by atoms with Crippen LogP contribution < -0.4 is 14.4 Å². The number of fused-ring (bicyclic) bond motifs is 4. The van der Waals surface area contributed by atoms with Crippen LogP contribution in [0.3, 0.4) is 0 Å². The number of allylic oxidation sites excluding steroid dienone is 2. The fourth-order valence-corrected chi connectivity index (χ4v) is 9.57. The molecule has 46 heavy (non-hydrogen) atoms. The molecule has 2 aromatic rings. The predicted molar refractivity (Wildman–Crippen MR) is 167 cm³/mol. The molecule has 5 aliphatic rings. The summed E-state index contributed by atoms with van der Waals surface area (Å²) in [6, 6.07) is 7.35. The molecule has 0 aromatic heterocycles. The summed E-state index contributed by atoms with van der Waals surface area (Å²) in [6.07, 6.45) is 6.30. The minimum atomic E-state index is -2.17. The van der Waals surface area contributed by atoms with E-state index in [1.54, 1.807) is 0 Å². The lowest BCUT2D eigenvalue weighted by Gasteiger charge is -2.51. The maximum Gasteiger partial charge on any atom is 0.258 e. The van der Waals surface area contributed by atoms with Crippen LogP contribution in [0.4, 0.5) is 10.1 Å². The molecular formula is C34H33Cl2FN2O7. The van der Waals surface area contributed by atoms with Gasteiger partial charge in [-0.1, -0.05) is 30.9 Å². The third kappa shape index (κ3) is 4.11. The van der Waals surface area contributed by atoms with Crippen molar-refractivity contribution in [2.24, 2.45) is 17.8 Å². The molecule has 2 saturated carbocycles. The summed E-state index contributed by atoms with van der Waals surface area (Å²) < 4.78 is 25.3. The highest BCUT2D eigenvalue weighted by molar-refractivity contribution is 6.58. The van der Waals surface area contributed by atoms with Gasteiger partial charge in [0.05, 0.1) is 31.7 Å². The standard InChI is InChI=1S/C34H33Cl2FN2O7/c1-45-24-14-20(40)15-25(46-2)27(24)28-21-12-13-22-26(30(42)38(29(22)41)18-6-4-3-5-7-18)23(21)16-33(35)31(43)39(32(44)34(28,33)36)19-10-8-17(37)9-11-19/h8-12,14-15,18,22-23,26,28,40H,3-7,13,16H2,1-2H3. The van der Waals surface area contributed by atoms with Crippen molar-refractivity contribution in [2.45, 2.75) is 66.7 Å². The lowest BCUT2D eigenvalue weighted by atomic mass is 9.56. The van der Waals surface area contributed by atoms with E-state index < -0.39 is 51.1 Å². The Morgan fingerprint density at radius 1 is 0.891 bits per heavy atom. The third-order valence-corrected chi connectivity index (χ3v) is 12.1. The lowest BCUT2D eigenvalue weighted by molar-refractivity contribution is -0.143. The number of alkyl halides is 2. The van der Waals surface area contributed by atoms with Crippen LogP contribution in [0.5, 0.6) is 17.2 Å². The summed E-state index contributed by atoms with van der Waals surface area (Å²) >= 11 is 14.9. The number of phenolic OH excluding ortho intramolecular Hbond substituents is 1. The van der Waals surface area contributed by atoms with Crippen LogP contribution in [-0.2, 0) is 19.2 Å². The first-order valence-electron chi connectivity index (χ1n) is 15.5. The zero-order valence-corrected chi connectivity index (χ0v) is 26.8. The van der Waals surface area contributed by atoms with E-state index in [9.17, 15) is 28.7 Å². The van der Waals surface area contributed by atoms with Gasteiger partial charge >= 0.3 is 0 Å². The normalized spacial score (nSPS) is 32.7. The van der Waals surface area contributed by atoms with Crippen molar-refractivity contribution in [1.29, 1.82) is 0 Å². The average molecular weight is 672 g/mol. The van der Waals surface area contributed by atoms with E-state index in [1.807, 2.05) is 6.08 Å². The van der Waals surface area contributed by atoms with Gasteiger partial charge < -0.3 is 14.6 Å². The van der Waals surface area contributed by atoms with Crippen LogP contribution in [0.15, 0.2) is 48.0 Å². The number of aromatic hydroxyl groups is 1. The molecular weight excluding hydrogens is 638 g/mol. The van der Waals surface area contributed by atoms with Crippen LogP contribution in [0.1, 0.15) is 56.4 Å². The molecule has 2 heterocycles. The van der Waals surface area contributed by atoms with Crippen molar-refractivity contribution < 1.29 is 38.1 Å². The molecule has 2 saturated heterocycles. The van der Waals surface area contributed by atoms with E-state index in [-0.39, 0.29) is 59.2 Å². The highest BCUT2D eigenvalue weighted by atomic mass is 35.5. The summed E-state index contributed by atoms with van der Waals surface area (Å²) in [5.41, 5.74) is 0.920. The molecule has 6 atom stereocenters. The van der Waals surface area contributed by atoms with E-state index in [1.165, 1.54) is 43.4 Å². The van der Waals surface area contributed by atoms with Gasteiger partial charge in [-0.3, -0.25) is 24.1 Å². The fourth-order valence-electron chi connectivity index (χ4n) is 8.65. The summed E-state index contributed by atoms with van der Waals surface area (Å²) in [5.74, 6) is -6.01. The monoisotopic (exact) mass is 670 g/mol. The van der Waals surface area contributed by atoms with Crippen molar-refractivity contribution in [3.8, 4) is 17.2 Å². The molecule has 6 unspecified atom stereocenters. The molecule has 3 aliphatic carbocycles. The van der Waals surface area contributed by atoms with Gasteiger partial charge in [0, 0.05) is 29.7 Å². The molecule has 0 bridgehead atoms. The maximum absolute atomic E-state index is 14.6. The summed E-state index contributed by atoms with van der Waals surface area (Å²) in [7, 11) is 2.76. The Morgan fingerprint density at radius 3 is 2.13 bits per heavy atom. The molecule has 7 rings (SSSR count). The first kappa shape index (κ1) is 31.0. The molecule has 1 N–H and O–H groups in total. The van der Waals surface area contributed by atoms with Crippen LogP contribution in [0.25, 0.3) is 0 Å². The number of likely N-dealkylation sites (tertiary alicyclic amines) is 1. The van der Waals surface area contributed by atoms with Gasteiger partial charge in [0.25, 0.3) is 11.8 Å². The van der Waals surface area contributed by atoms with Crippen molar-refractivity contribution in [3.05, 3.63) is 59.4 Å². The molecule has 4 amide bonds. The number of benzene rings is 2. The fraction of sp³-hybridized carbons (Fsp3) is 0.471. The maximum atomic E-state index is 14.6. The highest BCUT2D eigenvalue weighted by Crippen LogP contribution is 2.67. The second kappa shape index (κ2) is 11.0. The molecule has 242 valence electrons. The lowest BCUT2D eigenvalue weighted by Crippen LogP contribution is -2.60. The smallest absolute Gasteiger partial charge is 0.258 e. The number of ether oxygens (including phenoxy) is 2. The predicted octanol–water partition coefficient (Wildman–Crippen LogP) is 5.44. The SMILES string of the molecule is COc1cc(O)cc(OC)c1C1C2=CCC3C(=O)N(C4CCCCC4)C(=O)C3C2CC2(Cl)C(=O)N(c3ccc(F)cc3)C(=O)C12Cl. The van der Waals surface area contributed by atoms with Gasteiger partial charge in [-0.05, 0) is 55.9 Å². The van der Waals surface area contributed by atoms with Crippen molar-refractivity contribution in [2.75, 3.05) is 19.1 Å². The van der Waals surface area contributed by atoms with E-state index in [0.717, 1.165) is 49.1 Å². The number of phenols is 1. The second-order valence-corrected chi connectivity index (χ2v) is 14.1. The summed E-state index contributed by atoms with van der Waals surface area (Å²) in [6.45, 7) is 0. The molecule has 9 nitrogen and oxygen atoms in total. The number of carbonyl (C=O) groups excluding carboxylic acids is 4. The van der Waals surface area contributed by atoms with E-state index in [0.29, 0.717) is 5.57 Å². The van der Waals surface area contributed by atoms with Gasteiger partial charge in [0.2, 0.25) is 11.8 Å². The Kier molecular flexibility index (Phi) is 7.40. The molecule has 0 radical (unpaired) electrons. The number of nitrogens with zero attached hydrogens (tertiary/aromatic N) is 2. The van der Waals surface area contributed by atoms with Crippen molar-refractivity contribution >= 4 is 52.5 Å². The molecule has 4 fully saturated rings. The topological polar surface area (TPSA) is 113 Å². The largest absolute Gasteiger partial charge is 0.508 e. The third-order valence-electron chi connectivity index (χ3n) is 10.7. The number of carbonyl (C=O) groups is 4. The molecule has 2 aliphatic heterocycles.